The molecule has 2 aromatic heterocycles. The van der Waals surface area contributed by atoms with Crippen molar-refractivity contribution in [1.82, 2.24) is 4.98 Å². The van der Waals surface area contributed by atoms with E-state index in [4.69, 9.17) is 0 Å². The fourth-order valence-electron chi connectivity index (χ4n) is 3.65. The first-order valence-corrected chi connectivity index (χ1v) is 9.19. The molecule has 0 radical (unpaired) electrons. The van der Waals surface area contributed by atoms with Crippen LogP contribution in [0, 0.1) is 13.8 Å². The number of hydrogen-bond acceptors (Lipinski definition) is 1. The molecule has 146 valence electrons. The molecule has 0 fully saturated rings. The van der Waals surface area contributed by atoms with Crippen LogP contribution >= 0.6 is 0 Å². The predicted octanol–water partition coefficient (Wildman–Crippen LogP) is 4.64. The van der Waals surface area contributed by atoms with Crippen LogP contribution in [0.2, 0.25) is 0 Å². The highest BCUT2D eigenvalue weighted by Gasteiger charge is 2.34. The number of alkyl halides is 3. The molecule has 4 rings (SSSR count). The fourth-order valence-corrected chi connectivity index (χ4v) is 3.65. The van der Waals surface area contributed by atoms with Crippen molar-refractivity contribution in [2.45, 2.75) is 20.0 Å². The zero-order chi connectivity index (χ0) is 20.8. The number of nitrogens with zero attached hydrogens (tertiary/aromatic N) is 3. The maximum atomic E-state index is 13.7. The van der Waals surface area contributed by atoms with Crippen molar-refractivity contribution in [3.63, 3.8) is 0 Å². The van der Waals surface area contributed by atoms with Gasteiger partial charge in [0.15, 0.2) is 11.9 Å². The highest BCUT2D eigenvalue weighted by atomic mass is 19.4. The quantitative estimate of drug-likeness (QED) is 0.453. The summed E-state index contributed by atoms with van der Waals surface area (Å²) in [5.74, 6) is 0. The van der Waals surface area contributed by atoms with E-state index in [1.54, 1.807) is 30.2 Å². The molecule has 0 atom stereocenters. The Hall–Kier alpha value is -3.28. The molecule has 2 aromatic carbocycles. The molecule has 29 heavy (non-hydrogen) atoms. The molecule has 0 aliphatic rings. The molecule has 6 heteroatoms. The van der Waals surface area contributed by atoms with Gasteiger partial charge < -0.3 is 0 Å². The molecule has 2 heterocycles. The zero-order valence-electron chi connectivity index (χ0n) is 16.3. The summed E-state index contributed by atoms with van der Waals surface area (Å²) in [5.41, 5.74) is 2.66. The van der Waals surface area contributed by atoms with E-state index >= 15 is 0 Å². The van der Waals surface area contributed by atoms with Gasteiger partial charge in [-0.05, 0) is 24.4 Å². The minimum atomic E-state index is -4.45. The number of hydrogen-bond donors (Lipinski definition) is 0. The van der Waals surface area contributed by atoms with E-state index in [1.165, 1.54) is 12.1 Å². The Morgan fingerprint density at radius 1 is 0.931 bits per heavy atom. The standard InChI is InChI=1S/C23H20F3N3/c1-15-10-17-6-4-5-7-18(17)13-29(15)22-12-19(23(24,25)26)11-20(16(22)2)21-8-9-27-14-28(21)3/h4-14H,1-3H3/q+2. The van der Waals surface area contributed by atoms with Gasteiger partial charge in [0.25, 0.3) is 6.33 Å². The second-order valence-corrected chi connectivity index (χ2v) is 7.16. The van der Waals surface area contributed by atoms with Crippen LogP contribution in [0.15, 0.2) is 67.3 Å². The Kier molecular flexibility index (Phi) is 4.57. The van der Waals surface area contributed by atoms with E-state index in [9.17, 15) is 13.2 Å². The molecule has 0 saturated heterocycles. The highest BCUT2D eigenvalue weighted by Crippen LogP contribution is 2.35. The van der Waals surface area contributed by atoms with E-state index < -0.39 is 11.7 Å². The summed E-state index contributed by atoms with van der Waals surface area (Å²) in [4.78, 5) is 4.04. The molecule has 0 aliphatic carbocycles. The molecule has 0 bridgehead atoms. The second-order valence-electron chi connectivity index (χ2n) is 7.16. The van der Waals surface area contributed by atoms with Crippen LogP contribution in [0.1, 0.15) is 16.8 Å². The molecular formula is C23H20F3N3+2. The molecule has 0 spiro atoms. The number of aromatic nitrogens is 3. The van der Waals surface area contributed by atoms with Gasteiger partial charge >= 0.3 is 6.18 Å². The van der Waals surface area contributed by atoms with Gasteiger partial charge in [0.2, 0.25) is 5.69 Å². The summed E-state index contributed by atoms with van der Waals surface area (Å²) >= 11 is 0. The zero-order valence-corrected chi connectivity index (χ0v) is 16.3. The van der Waals surface area contributed by atoms with Crippen LogP contribution < -0.4 is 9.13 Å². The largest absolute Gasteiger partial charge is 0.416 e. The van der Waals surface area contributed by atoms with Gasteiger partial charge in [-0.15, -0.1) is 0 Å². The molecular weight excluding hydrogens is 375 g/mol. The van der Waals surface area contributed by atoms with E-state index in [0.29, 0.717) is 16.9 Å². The molecule has 0 unspecified atom stereocenters. The topological polar surface area (TPSA) is 20.6 Å². The van der Waals surface area contributed by atoms with Crippen LogP contribution in [-0.4, -0.2) is 4.98 Å². The Morgan fingerprint density at radius 3 is 2.34 bits per heavy atom. The van der Waals surface area contributed by atoms with E-state index in [-0.39, 0.29) is 0 Å². The van der Waals surface area contributed by atoms with Crippen molar-refractivity contribution < 1.29 is 22.3 Å². The van der Waals surface area contributed by atoms with Gasteiger partial charge in [-0.25, -0.2) is 4.57 Å². The van der Waals surface area contributed by atoms with Crippen molar-refractivity contribution in [1.29, 1.82) is 0 Å². The Labute approximate surface area is 166 Å². The van der Waals surface area contributed by atoms with Crippen LogP contribution in [-0.2, 0) is 13.2 Å². The Balaban J connectivity index is 2.05. The number of aryl methyl sites for hydroxylation is 2. The van der Waals surface area contributed by atoms with Crippen molar-refractivity contribution in [2.24, 2.45) is 7.05 Å². The van der Waals surface area contributed by atoms with E-state index in [2.05, 4.69) is 4.98 Å². The molecule has 0 aliphatic heterocycles. The number of halogens is 3. The lowest BCUT2D eigenvalue weighted by molar-refractivity contribution is -0.663. The lowest BCUT2D eigenvalue weighted by Crippen LogP contribution is -2.36. The van der Waals surface area contributed by atoms with Gasteiger partial charge in [-0.2, -0.15) is 17.7 Å². The number of benzene rings is 2. The summed E-state index contributed by atoms with van der Waals surface area (Å²) in [6.07, 6.45) is 0.615. The first-order valence-electron chi connectivity index (χ1n) is 9.19. The lowest BCUT2D eigenvalue weighted by Gasteiger charge is -2.14. The number of fused-ring (bicyclic) bond motifs is 1. The Morgan fingerprint density at radius 2 is 1.66 bits per heavy atom. The molecule has 4 aromatic rings. The lowest BCUT2D eigenvalue weighted by atomic mass is 9.98. The summed E-state index contributed by atoms with van der Waals surface area (Å²) in [7, 11) is 1.77. The highest BCUT2D eigenvalue weighted by molar-refractivity contribution is 5.81. The van der Waals surface area contributed by atoms with E-state index in [1.807, 2.05) is 54.9 Å². The third-order valence-corrected chi connectivity index (χ3v) is 5.19. The maximum absolute atomic E-state index is 13.7. The third-order valence-electron chi connectivity index (χ3n) is 5.19. The summed E-state index contributed by atoms with van der Waals surface area (Å²) < 4.78 is 44.8. The molecule has 3 nitrogen and oxygen atoms in total. The first-order chi connectivity index (χ1) is 13.8. The summed E-state index contributed by atoms with van der Waals surface area (Å²) in [6.45, 7) is 3.76. The second kappa shape index (κ2) is 6.95. The van der Waals surface area contributed by atoms with Crippen LogP contribution in [0.25, 0.3) is 27.7 Å². The van der Waals surface area contributed by atoms with E-state index in [0.717, 1.165) is 22.0 Å². The minimum Gasteiger partial charge on any atom is -0.233 e. The third kappa shape index (κ3) is 3.46. The molecule has 0 N–H and O–H groups in total. The van der Waals surface area contributed by atoms with Crippen molar-refractivity contribution in [3.8, 4) is 16.9 Å². The summed E-state index contributed by atoms with van der Waals surface area (Å²) in [6, 6.07) is 14.0. The number of rotatable bonds is 2. The van der Waals surface area contributed by atoms with Crippen molar-refractivity contribution in [2.75, 3.05) is 0 Å². The maximum Gasteiger partial charge on any atom is 0.416 e. The fraction of sp³-hybridized carbons (Fsp3) is 0.174. The molecule has 0 amide bonds. The van der Waals surface area contributed by atoms with Gasteiger partial charge in [0, 0.05) is 41.6 Å². The van der Waals surface area contributed by atoms with Crippen LogP contribution in [0.3, 0.4) is 0 Å². The number of pyridine rings is 1. The average Bonchev–Trinajstić information content (AvgIpc) is 2.67. The van der Waals surface area contributed by atoms with Crippen molar-refractivity contribution in [3.05, 3.63) is 84.1 Å². The smallest absolute Gasteiger partial charge is 0.233 e. The Bertz CT molecular complexity index is 1230. The normalized spacial score (nSPS) is 11.8. The predicted molar refractivity (Wildman–Crippen MR) is 104 cm³/mol. The monoisotopic (exact) mass is 395 g/mol. The molecule has 0 saturated carbocycles. The van der Waals surface area contributed by atoms with Crippen LogP contribution in [0.4, 0.5) is 13.2 Å². The first kappa shape index (κ1) is 19.1. The average molecular weight is 395 g/mol. The summed E-state index contributed by atoms with van der Waals surface area (Å²) in [5, 5.41) is 2.01. The van der Waals surface area contributed by atoms with Crippen LogP contribution in [0.5, 0.6) is 0 Å². The van der Waals surface area contributed by atoms with Crippen molar-refractivity contribution >= 4 is 10.8 Å². The minimum absolute atomic E-state index is 0.509. The SMILES string of the molecule is Cc1c(-c2ccnc[n+]2C)cc(C(F)(F)F)cc1-[n+]1cc2ccccc2cc1C. The van der Waals surface area contributed by atoms with Gasteiger partial charge in [0.05, 0.1) is 12.6 Å². The van der Waals surface area contributed by atoms with Gasteiger partial charge in [-0.3, -0.25) is 0 Å². The van der Waals surface area contributed by atoms with Gasteiger partial charge in [0.1, 0.15) is 11.9 Å². The van der Waals surface area contributed by atoms with Gasteiger partial charge in [-0.1, -0.05) is 23.2 Å².